The van der Waals surface area contributed by atoms with Crippen molar-refractivity contribution in [3.63, 3.8) is 0 Å². The van der Waals surface area contributed by atoms with Gasteiger partial charge in [0.05, 0.1) is 5.69 Å². The van der Waals surface area contributed by atoms with Crippen molar-refractivity contribution < 1.29 is 4.74 Å². The van der Waals surface area contributed by atoms with Gasteiger partial charge < -0.3 is 4.74 Å². The van der Waals surface area contributed by atoms with Gasteiger partial charge in [0.25, 0.3) is 0 Å². The molecule has 0 unspecified atom stereocenters. The average molecular weight is 278 g/mol. The van der Waals surface area contributed by atoms with Gasteiger partial charge in [0.2, 0.25) is 5.88 Å². The van der Waals surface area contributed by atoms with Gasteiger partial charge in [-0.3, -0.25) is 4.98 Å². The average Bonchev–Trinajstić information content (AvgIpc) is 2.38. The molecule has 2 aromatic rings. The van der Waals surface area contributed by atoms with Crippen LogP contribution in [0.2, 0.25) is 5.15 Å². The van der Waals surface area contributed by atoms with Gasteiger partial charge in [0, 0.05) is 18.2 Å². The summed E-state index contributed by atoms with van der Waals surface area (Å²) in [4.78, 5) is 12.8. The Kier molecular flexibility index (Phi) is 4.32. The third-order valence-corrected chi connectivity index (χ3v) is 3.09. The summed E-state index contributed by atoms with van der Waals surface area (Å²) in [6.07, 6.45) is 3.47. The van der Waals surface area contributed by atoms with Crippen molar-refractivity contribution in [1.82, 2.24) is 15.0 Å². The summed E-state index contributed by atoms with van der Waals surface area (Å²) in [5.41, 5.74) is 1.55. The van der Waals surface area contributed by atoms with Crippen LogP contribution in [0.15, 0.2) is 18.3 Å². The molecule has 0 saturated carbocycles. The molecule has 0 spiro atoms. The number of pyridine rings is 1. The van der Waals surface area contributed by atoms with Gasteiger partial charge in [-0.05, 0) is 32.4 Å². The van der Waals surface area contributed by atoms with Crippen LogP contribution in [0.3, 0.4) is 0 Å². The maximum absolute atomic E-state index is 6.11. The van der Waals surface area contributed by atoms with Gasteiger partial charge in [0.1, 0.15) is 11.0 Å². The molecule has 0 N–H and O–H groups in total. The smallest absolute Gasteiger partial charge is 0.227 e. The zero-order valence-electron chi connectivity index (χ0n) is 11.3. The highest BCUT2D eigenvalue weighted by molar-refractivity contribution is 6.30. The van der Waals surface area contributed by atoms with E-state index >= 15 is 0 Å². The van der Waals surface area contributed by atoms with Gasteiger partial charge in [-0.2, -0.15) is 4.98 Å². The zero-order valence-corrected chi connectivity index (χ0v) is 12.0. The summed E-state index contributed by atoms with van der Waals surface area (Å²) < 4.78 is 5.81. The van der Waals surface area contributed by atoms with E-state index in [1.807, 2.05) is 26.0 Å². The first-order valence-corrected chi connectivity index (χ1v) is 6.62. The van der Waals surface area contributed by atoms with Gasteiger partial charge in [-0.25, -0.2) is 4.98 Å². The van der Waals surface area contributed by atoms with E-state index in [4.69, 9.17) is 16.3 Å². The molecule has 2 rings (SSSR count). The number of halogens is 1. The number of aryl methyl sites for hydroxylation is 2. The molecule has 0 aromatic carbocycles. The first kappa shape index (κ1) is 13.7. The van der Waals surface area contributed by atoms with Gasteiger partial charge in [-0.15, -0.1) is 0 Å². The third kappa shape index (κ3) is 3.20. The highest BCUT2D eigenvalue weighted by Crippen LogP contribution is 2.28. The highest BCUT2D eigenvalue weighted by atomic mass is 35.5. The molecule has 2 heterocycles. The summed E-state index contributed by atoms with van der Waals surface area (Å²) in [5, 5.41) is 0.440. The van der Waals surface area contributed by atoms with Crippen molar-refractivity contribution in [2.45, 2.75) is 33.6 Å². The second-order valence-electron chi connectivity index (χ2n) is 4.30. The molecule has 0 aliphatic heterocycles. The molecular weight excluding hydrogens is 262 g/mol. The first-order chi connectivity index (χ1) is 9.11. The lowest BCUT2D eigenvalue weighted by Crippen LogP contribution is -2.01. The van der Waals surface area contributed by atoms with Crippen molar-refractivity contribution in [3.8, 4) is 11.6 Å². The van der Waals surface area contributed by atoms with Gasteiger partial charge in [-0.1, -0.05) is 18.5 Å². The Labute approximate surface area is 117 Å². The van der Waals surface area contributed by atoms with E-state index in [0.29, 0.717) is 22.6 Å². The second kappa shape index (κ2) is 5.97. The maximum atomic E-state index is 6.11. The predicted molar refractivity (Wildman–Crippen MR) is 74.8 cm³/mol. The van der Waals surface area contributed by atoms with Crippen LogP contribution in [0, 0.1) is 13.8 Å². The molecule has 2 aromatic heterocycles. The molecule has 0 aliphatic rings. The first-order valence-electron chi connectivity index (χ1n) is 6.24. The van der Waals surface area contributed by atoms with Crippen molar-refractivity contribution in [2.24, 2.45) is 0 Å². The predicted octanol–water partition coefficient (Wildman–Crippen LogP) is 3.89. The van der Waals surface area contributed by atoms with E-state index in [-0.39, 0.29) is 0 Å². The second-order valence-corrected chi connectivity index (χ2v) is 4.66. The molecule has 0 amide bonds. The third-order valence-electron chi connectivity index (χ3n) is 2.73. The Morgan fingerprint density at radius 1 is 1.26 bits per heavy atom. The fourth-order valence-electron chi connectivity index (χ4n) is 1.63. The van der Waals surface area contributed by atoms with E-state index in [9.17, 15) is 0 Å². The van der Waals surface area contributed by atoms with Crippen LogP contribution in [-0.4, -0.2) is 15.0 Å². The maximum Gasteiger partial charge on any atom is 0.227 e. The topological polar surface area (TPSA) is 47.9 Å². The number of rotatable bonds is 4. The van der Waals surface area contributed by atoms with E-state index < -0.39 is 0 Å². The van der Waals surface area contributed by atoms with Crippen molar-refractivity contribution in [2.75, 3.05) is 0 Å². The lowest BCUT2D eigenvalue weighted by molar-refractivity contribution is 0.448. The fraction of sp³-hybridized carbons (Fsp3) is 0.357. The fourth-order valence-corrected chi connectivity index (χ4v) is 1.81. The normalized spacial score (nSPS) is 10.5. The van der Waals surface area contributed by atoms with Gasteiger partial charge >= 0.3 is 0 Å². The molecule has 0 saturated heterocycles. The highest BCUT2D eigenvalue weighted by Gasteiger charge is 2.12. The summed E-state index contributed by atoms with van der Waals surface area (Å²) in [6.45, 7) is 5.81. The molecule has 0 fully saturated rings. The Balaban J connectivity index is 2.36. The zero-order chi connectivity index (χ0) is 13.8. The van der Waals surface area contributed by atoms with Crippen molar-refractivity contribution in [3.05, 3.63) is 40.6 Å². The molecule has 0 radical (unpaired) electrons. The van der Waals surface area contributed by atoms with Crippen LogP contribution in [0.1, 0.15) is 30.4 Å². The molecule has 100 valence electrons. The number of hydrogen-bond acceptors (Lipinski definition) is 4. The summed E-state index contributed by atoms with van der Waals surface area (Å²) >= 11 is 6.11. The molecule has 0 atom stereocenters. The number of hydrogen-bond donors (Lipinski definition) is 0. The molecule has 19 heavy (non-hydrogen) atoms. The molecular formula is C14H16ClN3O. The molecule has 0 aliphatic carbocycles. The number of aromatic nitrogens is 3. The van der Waals surface area contributed by atoms with E-state index in [1.54, 1.807) is 6.20 Å². The van der Waals surface area contributed by atoms with Crippen LogP contribution >= 0.6 is 11.6 Å². The monoisotopic (exact) mass is 277 g/mol. The SMILES string of the molecule is CCCc1nc(Cl)c(C)c(Oc2cccnc2C)n1. The van der Waals surface area contributed by atoms with Crippen LogP contribution < -0.4 is 4.74 Å². The minimum atomic E-state index is 0.440. The standard InChI is InChI=1S/C14H16ClN3O/c1-4-6-12-17-13(15)9(2)14(18-12)19-11-7-5-8-16-10(11)3/h5,7-8H,4,6H2,1-3H3. The van der Waals surface area contributed by atoms with Crippen LogP contribution in [0.4, 0.5) is 0 Å². The molecule has 4 nitrogen and oxygen atoms in total. The number of nitrogens with zero attached hydrogens (tertiary/aromatic N) is 3. The van der Waals surface area contributed by atoms with Crippen LogP contribution in [0.5, 0.6) is 11.6 Å². The van der Waals surface area contributed by atoms with Crippen LogP contribution in [0.25, 0.3) is 0 Å². The van der Waals surface area contributed by atoms with E-state index in [1.165, 1.54) is 0 Å². The molecule has 5 heteroatoms. The minimum Gasteiger partial charge on any atom is -0.437 e. The quantitative estimate of drug-likeness (QED) is 0.796. The van der Waals surface area contributed by atoms with Crippen molar-refractivity contribution in [1.29, 1.82) is 0 Å². The van der Waals surface area contributed by atoms with Crippen LogP contribution in [-0.2, 0) is 6.42 Å². The molecule has 0 bridgehead atoms. The van der Waals surface area contributed by atoms with Crippen molar-refractivity contribution >= 4 is 11.6 Å². The van der Waals surface area contributed by atoms with E-state index in [0.717, 1.165) is 24.1 Å². The Morgan fingerprint density at radius 2 is 2.05 bits per heavy atom. The Morgan fingerprint density at radius 3 is 2.74 bits per heavy atom. The lowest BCUT2D eigenvalue weighted by atomic mass is 10.3. The minimum absolute atomic E-state index is 0.440. The summed E-state index contributed by atoms with van der Waals surface area (Å²) in [7, 11) is 0. The Bertz CT molecular complexity index is 587. The lowest BCUT2D eigenvalue weighted by Gasteiger charge is -2.11. The summed E-state index contributed by atoms with van der Waals surface area (Å²) in [6, 6.07) is 3.69. The van der Waals surface area contributed by atoms with Gasteiger partial charge in [0.15, 0.2) is 5.75 Å². The summed E-state index contributed by atoms with van der Waals surface area (Å²) in [5.74, 6) is 1.89. The largest absolute Gasteiger partial charge is 0.437 e. The Hall–Kier alpha value is -1.68. The van der Waals surface area contributed by atoms with E-state index in [2.05, 4.69) is 21.9 Å². The number of ether oxygens (including phenoxy) is 1.